The Labute approximate surface area is 148 Å². The molecule has 1 amide bonds. The summed E-state index contributed by atoms with van der Waals surface area (Å²) < 4.78 is 5.58. The molecule has 1 aromatic carbocycles. The number of ether oxygens (including phenoxy) is 1. The van der Waals surface area contributed by atoms with Crippen molar-refractivity contribution in [1.29, 1.82) is 0 Å². The van der Waals surface area contributed by atoms with Crippen molar-refractivity contribution < 1.29 is 9.53 Å². The monoisotopic (exact) mass is 340 g/mol. The molecule has 1 aromatic heterocycles. The highest BCUT2D eigenvalue weighted by atomic mass is 16.5. The molecule has 6 nitrogen and oxygen atoms in total. The minimum atomic E-state index is -0.179. The first-order valence-electron chi connectivity index (χ1n) is 8.74. The maximum absolute atomic E-state index is 12.3. The van der Waals surface area contributed by atoms with Crippen molar-refractivity contribution >= 4 is 11.9 Å². The highest BCUT2D eigenvalue weighted by Gasteiger charge is 2.16. The molecule has 6 heteroatoms. The van der Waals surface area contributed by atoms with Crippen LogP contribution in [-0.4, -0.2) is 41.7 Å². The van der Waals surface area contributed by atoms with Crippen molar-refractivity contribution in [3.8, 4) is 0 Å². The van der Waals surface area contributed by atoms with E-state index >= 15 is 0 Å². The third-order valence-electron chi connectivity index (χ3n) is 4.14. The van der Waals surface area contributed by atoms with E-state index in [4.69, 9.17) is 4.74 Å². The third kappa shape index (κ3) is 5.26. The number of carbonyl (C=O) groups is 1. The van der Waals surface area contributed by atoms with Gasteiger partial charge in [0, 0.05) is 25.4 Å². The molecule has 1 aliphatic heterocycles. The highest BCUT2D eigenvalue weighted by Crippen LogP contribution is 2.13. The van der Waals surface area contributed by atoms with Crippen LogP contribution in [0.4, 0.5) is 5.95 Å². The van der Waals surface area contributed by atoms with E-state index in [0.29, 0.717) is 24.7 Å². The van der Waals surface area contributed by atoms with E-state index in [1.807, 2.05) is 37.3 Å². The quantitative estimate of drug-likeness (QED) is 0.809. The Morgan fingerprint density at radius 2 is 2.12 bits per heavy atom. The van der Waals surface area contributed by atoms with Crippen molar-refractivity contribution in [2.45, 2.75) is 32.3 Å². The molecule has 0 aliphatic carbocycles. The van der Waals surface area contributed by atoms with Crippen LogP contribution in [0.5, 0.6) is 0 Å². The second-order valence-corrected chi connectivity index (χ2v) is 6.23. The molecule has 0 spiro atoms. The van der Waals surface area contributed by atoms with Crippen molar-refractivity contribution in [1.82, 2.24) is 15.3 Å². The Bertz CT molecular complexity index is 700. The Morgan fingerprint density at radius 3 is 2.88 bits per heavy atom. The van der Waals surface area contributed by atoms with Crippen LogP contribution in [0.3, 0.4) is 0 Å². The molecule has 25 heavy (non-hydrogen) atoms. The number of aryl methyl sites for hydroxylation is 1. The number of nitrogens with zero attached hydrogens (tertiary/aromatic N) is 2. The minimum absolute atomic E-state index is 0.179. The minimum Gasteiger partial charge on any atom is -0.376 e. The second kappa shape index (κ2) is 8.58. The van der Waals surface area contributed by atoms with Crippen LogP contribution in [0.15, 0.2) is 36.4 Å². The maximum atomic E-state index is 12.3. The van der Waals surface area contributed by atoms with Gasteiger partial charge in [0.2, 0.25) is 5.95 Å². The van der Waals surface area contributed by atoms with Gasteiger partial charge in [-0.05, 0) is 37.8 Å². The average molecular weight is 340 g/mol. The molecule has 0 bridgehead atoms. The molecule has 2 heterocycles. The van der Waals surface area contributed by atoms with E-state index in [0.717, 1.165) is 31.6 Å². The molecule has 1 unspecified atom stereocenters. The van der Waals surface area contributed by atoms with Crippen LogP contribution in [0.2, 0.25) is 0 Å². The van der Waals surface area contributed by atoms with E-state index in [2.05, 4.69) is 20.6 Å². The summed E-state index contributed by atoms with van der Waals surface area (Å²) in [6, 6.07) is 11.8. The van der Waals surface area contributed by atoms with Gasteiger partial charge in [0.1, 0.15) is 5.69 Å². The summed E-state index contributed by atoms with van der Waals surface area (Å²) in [5.74, 6) is 0.297. The number of hydrogen-bond donors (Lipinski definition) is 2. The van der Waals surface area contributed by atoms with Crippen LogP contribution in [-0.2, 0) is 11.2 Å². The van der Waals surface area contributed by atoms with E-state index in [1.54, 1.807) is 6.07 Å². The summed E-state index contributed by atoms with van der Waals surface area (Å²) in [5.41, 5.74) is 2.34. The van der Waals surface area contributed by atoms with E-state index in [-0.39, 0.29) is 12.0 Å². The Morgan fingerprint density at radius 1 is 1.28 bits per heavy atom. The molecule has 1 aliphatic rings. The number of aromatic nitrogens is 2. The van der Waals surface area contributed by atoms with Gasteiger partial charge in [0.05, 0.1) is 6.10 Å². The molecule has 3 rings (SSSR count). The van der Waals surface area contributed by atoms with Gasteiger partial charge < -0.3 is 15.4 Å². The molecule has 0 radical (unpaired) electrons. The van der Waals surface area contributed by atoms with Crippen LogP contribution in [0.25, 0.3) is 0 Å². The number of anilines is 1. The van der Waals surface area contributed by atoms with Crippen molar-refractivity contribution in [2.24, 2.45) is 0 Å². The number of benzene rings is 1. The zero-order valence-corrected chi connectivity index (χ0v) is 14.5. The predicted octanol–water partition coefficient (Wildman–Crippen LogP) is 2.35. The van der Waals surface area contributed by atoms with Crippen LogP contribution in [0.1, 0.15) is 34.6 Å². The van der Waals surface area contributed by atoms with E-state index < -0.39 is 0 Å². The summed E-state index contributed by atoms with van der Waals surface area (Å²) in [7, 11) is 0. The molecule has 0 saturated carbocycles. The fraction of sp³-hybridized carbons (Fsp3) is 0.421. The lowest BCUT2D eigenvalue weighted by atomic mass is 10.1. The highest BCUT2D eigenvalue weighted by molar-refractivity contribution is 5.92. The first-order valence-corrected chi connectivity index (χ1v) is 8.74. The normalized spacial score (nSPS) is 16.6. The smallest absolute Gasteiger partial charge is 0.270 e. The van der Waals surface area contributed by atoms with Gasteiger partial charge in [-0.25, -0.2) is 9.97 Å². The molecule has 2 aromatic rings. The Kier molecular flexibility index (Phi) is 5.95. The first kappa shape index (κ1) is 17.4. The molecule has 1 saturated heterocycles. The summed E-state index contributed by atoms with van der Waals surface area (Å²) in [6.45, 7) is 3.92. The van der Waals surface area contributed by atoms with Gasteiger partial charge in [-0.2, -0.15) is 0 Å². The fourth-order valence-electron chi connectivity index (χ4n) is 2.83. The van der Waals surface area contributed by atoms with Gasteiger partial charge in [-0.1, -0.05) is 30.3 Å². The summed E-state index contributed by atoms with van der Waals surface area (Å²) in [4.78, 5) is 21.0. The predicted molar refractivity (Wildman–Crippen MR) is 96.7 cm³/mol. The molecular weight excluding hydrogens is 316 g/mol. The lowest BCUT2D eigenvalue weighted by Crippen LogP contribution is -2.27. The third-order valence-corrected chi connectivity index (χ3v) is 4.14. The zero-order valence-electron chi connectivity index (χ0n) is 14.5. The second-order valence-electron chi connectivity index (χ2n) is 6.23. The summed E-state index contributed by atoms with van der Waals surface area (Å²) in [5, 5.41) is 6.09. The fourth-order valence-corrected chi connectivity index (χ4v) is 2.83. The molecule has 1 atom stereocenters. The maximum Gasteiger partial charge on any atom is 0.270 e. The SMILES string of the molecule is Cc1cc(C(=O)NCCc2ccccc2)nc(NCC2CCCO2)n1. The topological polar surface area (TPSA) is 76.1 Å². The average Bonchev–Trinajstić information content (AvgIpc) is 3.14. The number of hydrogen-bond acceptors (Lipinski definition) is 5. The van der Waals surface area contributed by atoms with Crippen molar-refractivity contribution in [3.05, 3.63) is 53.3 Å². The summed E-state index contributed by atoms with van der Waals surface area (Å²) >= 11 is 0. The first-order chi connectivity index (χ1) is 12.2. The Hall–Kier alpha value is -2.47. The largest absolute Gasteiger partial charge is 0.376 e. The van der Waals surface area contributed by atoms with Crippen LogP contribution < -0.4 is 10.6 Å². The molecule has 2 N–H and O–H groups in total. The van der Waals surface area contributed by atoms with Gasteiger partial charge >= 0.3 is 0 Å². The van der Waals surface area contributed by atoms with Gasteiger partial charge in [0.25, 0.3) is 5.91 Å². The molecular formula is C19H24N4O2. The van der Waals surface area contributed by atoms with Crippen LogP contribution in [0, 0.1) is 6.92 Å². The zero-order chi connectivity index (χ0) is 17.5. The van der Waals surface area contributed by atoms with Gasteiger partial charge in [-0.3, -0.25) is 4.79 Å². The van der Waals surface area contributed by atoms with Gasteiger partial charge in [-0.15, -0.1) is 0 Å². The standard InChI is InChI=1S/C19H24N4O2/c1-14-12-17(18(24)20-10-9-15-6-3-2-4-7-15)23-19(22-14)21-13-16-8-5-11-25-16/h2-4,6-7,12,16H,5,8-11,13H2,1H3,(H,20,24)(H,21,22,23). The number of nitrogens with one attached hydrogen (secondary N) is 2. The lowest BCUT2D eigenvalue weighted by molar-refractivity contribution is 0.0949. The number of carbonyl (C=O) groups excluding carboxylic acids is 1. The molecule has 132 valence electrons. The van der Waals surface area contributed by atoms with Crippen LogP contribution >= 0.6 is 0 Å². The van der Waals surface area contributed by atoms with E-state index in [9.17, 15) is 4.79 Å². The Balaban J connectivity index is 1.54. The number of amides is 1. The van der Waals surface area contributed by atoms with Crippen molar-refractivity contribution in [3.63, 3.8) is 0 Å². The van der Waals surface area contributed by atoms with Gasteiger partial charge in [0.15, 0.2) is 0 Å². The number of rotatable bonds is 7. The van der Waals surface area contributed by atoms with E-state index in [1.165, 1.54) is 5.56 Å². The lowest BCUT2D eigenvalue weighted by Gasteiger charge is -2.12. The van der Waals surface area contributed by atoms with Crippen molar-refractivity contribution in [2.75, 3.05) is 25.0 Å². The summed E-state index contributed by atoms with van der Waals surface area (Å²) in [6.07, 6.45) is 3.13. The molecule has 1 fully saturated rings.